The molecule has 1 fully saturated rings. The maximum Gasteiger partial charge on any atom is 0.211 e. The third kappa shape index (κ3) is 4.15. The summed E-state index contributed by atoms with van der Waals surface area (Å²) < 4.78 is 5.66. The number of rotatable bonds is 4. The fraction of sp³-hybridized carbons (Fsp3) is 0.917. The van der Waals surface area contributed by atoms with Crippen molar-refractivity contribution in [2.24, 2.45) is 17.8 Å². The Bertz CT molecular complexity index is 216. The topological polar surface area (TPSA) is 26.3 Å². The molecule has 3 heteroatoms. The second-order valence-electron chi connectivity index (χ2n) is 5.07. The van der Waals surface area contributed by atoms with Gasteiger partial charge in [0, 0.05) is 0 Å². The Morgan fingerprint density at radius 2 is 2.13 bits per heavy atom. The van der Waals surface area contributed by atoms with Crippen molar-refractivity contribution in [2.45, 2.75) is 46.1 Å². The highest BCUT2D eigenvalue weighted by Crippen LogP contribution is 2.35. The minimum atomic E-state index is -0.171. The zero-order valence-corrected chi connectivity index (χ0v) is 10.8. The van der Waals surface area contributed by atoms with E-state index in [1.807, 2.05) is 0 Å². The van der Waals surface area contributed by atoms with Gasteiger partial charge in [0.25, 0.3) is 0 Å². The standard InChI is InChI=1S/C12H22O2S/c1-8(2)10-5-4-9(3)6-11(10)14-7-12(13)15/h8-11H,4-7H2,1-3H3,(H,13,15). The summed E-state index contributed by atoms with van der Waals surface area (Å²) in [5.74, 6) is 1.96. The number of ether oxygens (including phenoxy) is 1. The van der Waals surface area contributed by atoms with E-state index in [2.05, 4.69) is 33.4 Å². The summed E-state index contributed by atoms with van der Waals surface area (Å²) in [6, 6.07) is 0. The van der Waals surface area contributed by atoms with Crippen molar-refractivity contribution in [2.75, 3.05) is 6.61 Å². The Kier molecular flexibility index (Phi) is 5.13. The molecular weight excluding hydrogens is 208 g/mol. The third-order valence-electron chi connectivity index (χ3n) is 3.38. The summed E-state index contributed by atoms with van der Waals surface area (Å²) in [5, 5.41) is -0.171. The summed E-state index contributed by atoms with van der Waals surface area (Å²) in [5.41, 5.74) is 0. The molecule has 0 saturated heterocycles. The van der Waals surface area contributed by atoms with Crippen molar-refractivity contribution in [1.82, 2.24) is 0 Å². The van der Waals surface area contributed by atoms with Crippen molar-refractivity contribution in [3.8, 4) is 0 Å². The lowest BCUT2D eigenvalue weighted by Gasteiger charge is -2.36. The molecule has 1 rings (SSSR count). The van der Waals surface area contributed by atoms with Gasteiger partial charge in [0.1, 0.15) is 6.61 Å². The van der Waals surface area contributed by atoms with Crippen molar-refractivity contribution >= 4 is 17.7 Å². The first-order valence-corrected chi connectivity index (χ1v) is 6.28. The van der Waals surface area contributed by atoms with Gasteiger partial charge in [0.2, 0.25) is 5.12 Å². The number of carbonyl (C=O) groups excluding carboxylic acids is 1. The predicted octanol–water partition coefficient (Wildman–Crippen LogP) is 2.92. The zero-order valence-electron chi connectivity index (χ0n) is 9.90. The van der Waals surface area contributed by atoms with E-state index in [9.17, 15) is 4.79 Å². The Hall–Kier alpha value is -0.0200. The van der Waals surface area contributed by atoms with Crippen LogP contribution >= 0.6 is 12.6 Å². The third-order valence-corrected chi connectivity index (χ3v) is 3.51. The minimum absolute atomic E-state index is 0.156. The van der Waals surface area contributed by atoms with Crippen LogP contribution in [0.4, 0.5) is 0 Å². The lowest BCUT2D eigenvalue weighted by Crippen LogP contribution is -2.35. The van der Waals surface area contributed by atoms with Crippen LogP contribution in [-0.4, -0.2) is 17.8 Å². The number of carbonyl (C=O) groups is 1. The lowest BCUT2D eigenvalue weighted by atomic mass is 9.75. The Morgan fingerprint density at radius 1 is 1.47 bits per heavy atom. The summed E-state index contributed by atoms with van der Waals surface area (Å²) in [6.07, 6.45) is 3.86. The molecule has 2 nitrogen and oxygen atoms in total. The van der Waals surface area contributed by atoms with Crippen LogP contribution in [0.5, 0.6) is 0 Å². The van der Waals surface area contributed by atoms with Gasteiger partial charge in [-0.05, 0) is 30.6 Å². The monoisotopic (exact) mass is 230 g/mol. The first-order valence-electron chi connectivity index (χ1n) is 5.84. The van der Waals surface area contributed by atoms with Crippen LogP contribution in [0, 0.1) is 17.8 Å². The van der Waals surface area contributed by atoms with Gasteiger partial charge in [0.05, 0.1) is 6.10 Å². The molecule has 0 amide bonds. The van der Waals surface area contributed by atoms with E-state index in [0.717, 1.165) is 12.3 Å². The maximum atomic E-state index is 10.8. The molecule has 0 aliphatic heterocycles. The van der Waals surface area contributed by atoms with Crippen molar-refractivity contribution in [3.63, 3.8) is 0 Å². The van der Waals surface area contributed by atoms with E-state index >= 15 is 0 Å². The van der Waals surface area contributed by atoms with E-state index in [4.69, 9.17) is 4.74 Å². The van der Waals surface area contributed by atoms with Gasteiger partial charge in [-0.25, -0.2) is 0 Å². The molecule has 1 aliphatic rings. The van der Waals surface area contributed by atoms with Crippen LogP contribution in [0.3, 0.4) is 0 Å². The molecule has 0 radical (unpaired) electrons. The Balaban J connectivity index is 2.50. The molecule has 15 heavy (non-hydrogen) atoms. The summed E-state index contributed by atoms with van der Waals surface area (Å²) in [7, 11) is 0. The quantitative estimate of drug-likeness (QED) is 0.752. The van der Waals surface area contributed by atoms with Gasteiger partial charge in [-0.3, -0.25) is 4.79 Å². The first-order chi connectivity index (χ1) is 7.00. The first kappa shape index (κ1) is 13.0. The summed E-state index contributed by atoms with van der Waals surface area (Å²) >= 11 is 3.74. The van der Waals surface area contributed by atoms with Crippen molar-refractivity contribution in [1.29, 1.82) is 0 Å². The molecule has 3 atom stereocenters. The average molecular weight is 230 g/mol. The summed E-state index contributed by atoms with van der Waals surface area (Å²) in [6.45, 7) is 6.89. The van der Waals surface area contributed by atoms with Crippen molar-refractivity contribution < 1.29 is 9.53 Å². The molecule has 0 N–H and O–H groups in total. The second kappa shape index (κ2) is 5.90. The molecule has 1 aliphatic carbocycles. The molecule has 0 heterocycles. The van der Waals surface area contributed by atoms with Crippen LogP contribution in [0.25, 0.3) is 0 Å². The second-order valence-corrected chi connectivity index (χ2v) is 5.57. The largest absolute Gasteiger partial charge is 0.369 e. The molecule has 88 valence electrons. The van der Waals surface area contributed by atoms with Gasteiger partial charge in [-0.15, -0.1) is 12.6 Å². The van der Waals surface area contributed by atoms with Gasteiger partial charge >= 0.3 is 0 Å². The van der Waals surface area contributed by atoms with E-state index in [1.54, 1.807) is 0 Å². The molecular formula is C12H22O2S. The molecule has 0 aromatic heterocycles. The number of thiol groups is 1. The molecule has 0 aromatic rings. The minimum Gasteiger partial charge on any atom is -0.369 e. The summed E-state index contributed by atoms with van der Waals surface area (Å²) in [4.78, 5) is 10.8. The van der Waals surface area contributed by atoms with E-state index in [-0.39, 0.29) is 17.8 Å². The van der Waals surface area contributed by atoms with Gasteiger partial charge < -0.3 is 4.74 Å². The van der Waals surface area contributed by atoms with Crippen LogP contribution < -0.4 is 0 Å². The Morgan fingerprint density at radius 3 is 2.67 bits per heavy atom. The van der Waals surface area contributed by atoms with Crippen LogP contribution in [0.15, 0.2) is 0 Å². The highest BCUT2D eigenvalue weighted by molar-refractivity contribution is 7.96. The lowest BCUT2D eigenvalue weighted by molar-refractivity contribution is -0.120. The number of hydrogen-bond donors (Lipinski definition) is 1. The maximum absolute atomic E-state index is 10.8. The fourth-order valence-corrected chi connectivity index (χ4v) is 2.56. The highest BCUT2D eigenvalue weighted by atomic mass is 32.1. The predicted molar refractivity (Wildman–Crippen MR) is 65.1 cm³/mol. The molecule has 1 saturated carbocycles. The SMILES string of the molecule is CC1CCC(C(C)C)C(OCC(=O)S)C1. The molecule has 0 spiro atoms. The average Bonchev–Trinajstić information content (AvgIpc) is 2.14. The molecule has 0 bridgehead atoms. The van der Waals surface area contributed by atoms with Gasteiger partial charge in [0.15, 0.2) is 0 Å². The smallest absolute Gasteiger partial charge is 0.211 e. The van der Waals surface area contributed by atoms with Crippen LogP contribution in [0.2, 0.25) is 0 Å². The molecule has 3 unspecified atom stereocenters. The van der Waals surface area contributed by atoms with E-state index < -0.39 is 0 Å². The highest BCUT2D eigenvalue weighted by Gasteiger charge is 2.31. The van der Waals surface area contributed by atoms with Gasteiger partial charge in [-0.2, -0.15) is 0 Å². The van der Waals surface area contributed by atoms with E-state index in [0.29, 0.717) is 11.8 Å². The van der Waals surface area contributed by atoms with Crippen molar-refractivity contribution in [3.05, 3.63) is 0 Å². The van der Waals surface area contributed by atoms with E-state index in [1.165, 1.54) is 12.8 Å². The zero-order chi connectivity index (χ0) is 11.4. The normalized spacial score (nSPS) is 31.9. The molecule has 0 aromatic carbocycles. The Labute approximate surface area is 98.2 Å². The van der Waals surface area contributed by atoms with Crippen LogP contribution in [0.1, 0.15) is 40.0 Å². The fourth-order valence-electron chi connectivity index (χ4n) is 2.48. The van der Waals surface area contributed by atoms with Gasteiger partial charge in [-0.1, -0.05) is 27.2 Å². The van der Waals surface area contributed by atoms with Crippen LogP contribution in [-0.2, 0) is 9.53 Å². The number of hydrogen-bond acceptors (Lipinski definition) is 2.